The van der Waals surface area contributed by atoms with E-state index in [9.17, 15) is 0 Å². The SMILES string of the molecule is CN(Cc1cn2c(N3CCN(Cc4ccccn4)CC3)nccc2n1)C1CCCc2cccnc21. The molecule has 1 aliphatic carbocycles. The Morgan fingerprint density at radius 3 is 2.66 bits per heavy atom. The zero-order valence-electron chi connectivity index (χ0n) is 20.3. The molecule has 4 aromatic rings. The monoisotopic (exact) mass is 468 g/mol. The van der Waals surface area contributed by atoms with Crippen LogP contribution >= 0.6 is 0 Å². The van der Waals surface area contributed by atoms with Crippen molar-refractivity contribution in [2.75, 3.05) is 38.1 Å². The van der Waals surface area contributed by atoms with Gasteiger partial charge in [-0.05, 0) is 56.1 Å². The van der Waals surface area contributed by atoms with Crippen molar-refractivity contribution in [3.63, 3.8) is 0 Å². The summed E-state index contributed by atoms with van der Waals surface area (Å²) in [6.07, 6.45) is 11.3. The molecular weight excluding hydrogens is 436 g/mol. The van der Waals surface area contributed by atoms with Crippen LogP contribution in [0.1, 0.15) is 41.5 Å². The third-order valence-electron chi connectivity index (χ3n) is 7.29. The molecule has 180 valence electrons. The van der Waals surface area contributed by atoms with Gasteiger partial charge in [-0.3, -0.25) is 24.2 Å². The van der Waals surface area contributed by atoms with Gasteiger partial charge < -0.3 is 4.90 Å². The molecule has 6 rings (SSSR count). The van der Waals surface area contributed by atoms with E-state index < -0.39 is 0 Å². The number of piperazine rings is 1. The second-order valence-electron chi connectivity index (χ2n) is 9.66. The highest BCUT2D eigenvalue weighted by molar-refractivity contribution is 5.48. The number of imidazole rings is 1. The van der Waals surface area contributed by atoms with E-state index in [0.29, 0.717) is 6.04 Å². The molecule has 0 saturated carbocycles. The van der Waals surface area contributed by atoms with E-state index in [1.807, 2.05) is 30.7 Å². The maximum absolute atomic E-state index is 4.95. The van der Waals surface area contributed by atoms with Crippen molar-refractivity contribution in [2.45, 2.75) is 38.4 Å². The van der Waals surface area contributed by atoms with Crippen molar-refractivity contribution in [2.24, 2.45) is 0 Å². The van der Waals surface area contributed by atoms with Gasteiger partial charge in [-0.2, -0.15) is 0 Å². The lowest BCUT2D eigenvalue weighted by atomic mass is 9.91. The quantitative estimate of drug-likeness (QED) is 0.430. The van der Waals surface area contributed by atoms with Crippen LogP contribution in [-0.2, 0) is 19.5 Å². The highest BCUT2D eigenvalue weighted by atomic mass is 15.3. The van der Waals surface area contributed by atoms with Crippen molar-refractivity contribution in [3.8, 4) is 0 Å². The summed E-state index contributed by atoms with van der Waals surface area (Å²) >= 11 is 0. The second kappa shape index (κ2) is 9.71. The summed E-state index contributed by atoms with van der Waals surface area (Å²) in [5.74, 6) is 0.978. The molecule has 1 fully saturated rings. The predicted molar refractivity (Wildman–Crippen MR) is 136 cm³/mol. The summed E-state index contributed by atoms with van der Waals surface area (Å²) in [7, 11) is 2.19. The number of hydrogen-bond acceptors (Lipinski definition) is 7. The zero-order valence-corrected chi connectivity index (χ0v) is 20.3. The molecular formula is C27H32N8. The number of rotatable bonds is 6. The number of anilines is 1. The Balaban J connectivity index is 1.15. The smallest absolute Gasteiger partial charge is 0.211 e. The average Bonchev–Trinajstić information content (AvgIpc) is 3.32. The first-order valence-corrected chi connectivity index (χ1v) is 12.6. The minimum Gasteiger partial charge on any atom is -0.339 e. The van der Waals surface area contributed by atoms with Crippen LogP contribution in [0.15, 0.2) is 61.2 Å². The van der Waals surface area contributed by atoms with Gasteiger partial charge in [-0.15, -0.1) is 0 Å². The van der Waals surface area contributed by atoms with Gasteiger partial charge in [-0.1, -0.05) is 12.1 Å². The summed E-state index contributed by atoms with van der Waals surface area (Å²) < 4.78 is 2.16. The largest absolute Gasteiger partial charge is 0.339 e. The van der Waals surface area contributed by atoms with Gasteiger partial charge in [0.1, 0.15) is 5.65 Å². The van der Waals surface area contributed by atoms with Gasteiger partial charge in [0.25, 0.3) is 0 Å². The molecule has 0 spiro atoms. The molecule has 1 aliphatic heterocycles. The third kappa shape index (κ3) is 4.63. The summed E-state index contributed by atoms with van der Waals surface area (Å²) in [4.78, 5) is 26.1. The lowest BCUT2D eigenvalue weighted by Crippen LogP contribution is -2.46. The van der Waals surface area contributed by atoms with Crippen LogP contribution in [0.25, 0.3) is 5.65 Å². The van der Waals surface area contributed by atoms with E-state index >= 15 is 0 Å². The number of fused-ring (bicyclic) bond motifs is 2. The number of aryl methyl sites for hydroxylation is 1. The van der Waals surface area contributed by atoms with Crippen LogP contribution in [0.3, 0.4) is 0 Å². The van der Waals surface area contributed by atoms with Gasteiger partial charge >= 0.3 is 0 Å². The maximum Gasteiger partial charge on any atom is 0.211 e. The summed E-state index contributed by atoms with van der Waals surface area (Å²) in [6.45, 7) is 5.56. The fourth-order valence-corrected chi connectivity index (χ4v) is 5.47. The number of hydrogen-bond donors (Lipinski definition) is 0. The van der Waals surface area contributed by atoms with Crippen LogP contribution in [0.2, 0.25) is 0 Å². The van der Waals surface area contributed by atoms with Crippen LogP contribution in [-0.4, -0.2) is 67.4 Å². The molecule has 2 aliphatic rings. The maximum atomic E-state index is 4.95. The lowest BCUT2D eigenvalue weighted by molar-refractivity contribution is 0.206. The highest BCUT2D eigenvalue weighted by Crippen LogP contribution is 2.32. The first-order valence-electron chi connectivity index (χ1n) is 12.6. The van der Waals surface area contributed by atoms with Crippen molar-refractivity contribution in [1.29, 1.82) is 0 Å². The molecule has 1 unspecified atom stereocenters. The molecule has 1 saturated heterocycles. The average molecular weight is 469 g/mol. The van der Waals surface area contributed by atoms with E-state index in [0.717, 1.165) is 75.1 Å². The van der Waals surface area contributed by atoms with Gasteiger partial charge in [0, 0.05) is 64.1 Å². The summed E-state index contributed by atoms with van der Waals surface area (Å²) in [5, 5.41) is 0. The van der Waals surface area contributed by atoms with Crippen molar-refractivity contribution in [1.82, 2.24) is 34.1 Å². The second-order valence-corrected chi connectivity index (χ2v) is 9.66. The molecule has 0 N–H and O–H groups in total. The summed E-state index contributed by atoms with van der Waals surface area (Å²) in [5.41, 5.74) is 5.77. The van der Waals surface area contributed by atoms with Crippen molar-refractivity contribution >= 4 is 11.6 Å². The Morgan fingerprint density at radius 1 is 0.914 bits per heavy atom. The fraction of sp³-hybridized carbons (Fsp3) is 0.407. The highest BCUT2D eigenvalue weighted by Gasteiger charge is 2.26. The molecule has 0 radical (unpaired) electrons. The molecule has 0 amide bonds. The van der Waals surface area contributed by atoms with E-state index in [2.05, 4.69) is 61.6 Å². The Bertz CT molecular complexity index is 1280. The molecule has 8 heteroatoms. The van der Waals surface area contributed by atoms with Crippen LogP contribution in [0, 0.1) is 0 Å². The standard InChI is InChI=1S/C27H32N8/c1-32(24-9-4-6-21-7-5-12-29-26(21)24)18-23-20-35-25(31-23)10-13-30-27(35)34-16-14-33(15-17-34)19-22-8-2-3-11-28-22/h2-3,5,7-8,10-13,20,24H,4,6,9,14-19H2,1H3. The van der Waals surface area contributed by atoms with Gasteiger partial charge in [0.15, 0.2) is 0 Å². The fourth-order valence-electron chi connectivity index (χ4n) is 5.47. The first kappa shape index (κ1) is 22.1. The molecule has 8 nitrogen and oxygen atoms in total. The number of aromatic nitrogens is 5. The van der Waals surface area contributed by atoms with Gasteiger partial charge in [-0.25, -0.2) is 9.97 Å². The van der Waals surface area contributed by atoms with Gasteiger partial charge in [0.05, 0.1) is 23.1 Å². The molecule has 35 heavy (non-hydrogen) atoms. The first-order chi connectivity index (χ1) is 17.2. The molecule has 5 heterocycles. The normalized spacial score (nSPS) is 18.8. The lowest BCUT2D eigenvalue weighted by Gasteiger charge is -2.35. The minimum atomic E-state index is 0.342. The van der Waals surface area contributed by atoms with Gasteiger partial charge in [0.2, 0.25) is 5.95 Å². The zero-order chi connectivity index (χ0) is 23.6. The predicted octanol–water partition coefficient (Wildman–Crippen LogP) is 3.35. The molecule has 4 aromatic heterocycles. The molecule has 1 atom stereocenters. The van der Waals surface area contributed by atoms with Crippen molar-refractivity contribution < 1.29 is 0 Å². The van der Waals surface area contributed by atoms with Crippen LogP contribution < -0.4 is 4.90 Å². The Labute approximate surface area is 206 Å². The van der Waals surface area contributed by atoms with E-state index in [1.165, 1.54) is 17.7 Å². The van der Waals surface area contributed by atoms with Crippen LogP contribution in [0.4, 0.5) is 5.95 Å². The topological polar surface area (TPSA) is 65.7 Å². The third-order valence-corrected chi connectivity index (χ3v) is 7.29. The number of pyridine rings is 2. The minimum absolute atomic E-state index is 0.342. The summed E-state index contributed by atoms with van der Waals surface area (Å²) in [6, 6.07) is 12.7. The number of nitrogens with zero attached hydrogens (tertiary/aromatic N) is 8. The van der Waals surface area contributed by atoms with Crippen LogP contribution in [0.5, 0.6) is 0 Å². The Hall–Kier alpha value is -3.36. The van der Waals surface area contributed by atoms with E-state index in [1.54, 1.807) is 0 Å². The van der Waals surface area contributed by atoms with Crippen molar-refractivity contribution in [3.05, 3.63) is 83.8 Å². The van der Waals surface area contributed by atoms with E-state index in [4.69, 9.17) is 15.0 Å². The molecule has 0 aromatic carbocycles. The van der Waals surface area contributed by atoms with E-state index in [-0.39, 0.29) is 0 Å². The molecule has 0 bridgehead atoms. The Morgan fingerprint density at radius 2 is 1.80 bits per heavy atom. The Kier molecular flexibility index (Phi) is 6.14.